The molecule has 0 unspecified atom stereocenters. The van der Waals surface area contributed by atoms with Gasteiger partial charge in [0.1, 0.15) is 5.15 Å². The minimum absolute atomic E-state index is 0.0407. The van der Waals surface area contributed by atoms with Crippen molar-refractivity contribution in [3.63, 3.8) is 0 Å². The third-order valence-electron chi connectivity index (χ3n) is 3.13. The van der Waals surface area contributed by atoms with E-state index in [1.165, 1.54) is 20.3 Å². The zero-order valence-electron chi connectivity index (χ0n) is 11.5. The van der Waals surface area contributed by atoms with E-state index in [0.29, 0.717) is 5.69 Å². The minimum atomic E-state index is -0.427. The second-order valence-electron chi connectivity index (χ2n) is 4.72. The maximum atomic E-state index is 11.6. The van der Waals surface area contributed by atoms with E-state index >= 15 is 0 Å². The van der Waals surface area contributed by atoms with E-state index in [1.54, 1.807) is 6.07 Å². The normalized spacial score (nSPS) is 14.7. The summed E-state index contributed by atoms with van der Waals surface area (Å²) in [5, 5.41) is 0.226. The Kier molecular flexibility index (Phi) is 4.49. The number of nitrogens with zero attached hydrogens (tertiary/aromatic N) is 3. The van der Waals surface area contributed by atoms with Gasteiger partial charge in [-0.2, -0.15) is 0 Å². The Hall–Kier alpha value is -1.75. The summed E-state index contributed by atoms with van der Waals surface area (Å²) >= 11 is 6.00. The Morgan fingerprint density at radius 1 is 1.20 bits per heavy atom. The van der Waals surface area contributed by atoms with Gasteiger partial charge in [0, 0.05) is 19.9 Å². The van der Waals surface area contributed by atoms with E-state index in [1.807, 2.05) is 0 Å². The van der Waals surface area contributed by atoms with E-state index in [2.05, 4.69) is 16.0 Å². The van der Waals surface area contributed by atoms with E-state index in [4.69, 9.17) is 11.6 Å². The summed E-state index contributed by atoms with van der Waals surface area (Å²) in [5.41, 5.74) is 1.78. The summed E-state index contributed by atoms with van der Waals surface area (Å²) in [6, 6.07) is 1.67. The molecule has 6 heteroatoms. The third kappa shape index (κ3) is 3.22. The average molecular weight is 294 g/mol. The van der Waals surface area contributed by atoms with Gasteiger partial charge in [-0.15, -0.1) is 0 Å². The largest absolute Gasteiger partial charge is 0.274 e. The number of carbonyl (C=O) groups excluding carboxylic acids is 2. The summed E-state index contributed by atoms with van der Waals surface area (Å²) in [7, 11) is 0. The number of anilines is 1. The van der Waals surface area contributed by atoms with E-state index < -0.39 is 11.8 Å². The molecule has 1 aliphatic rings. The molecule has 2 rings (SSSR count). The molecule has 5 nitrogen and oxygen atoms in total. The monoisotopic (exact) mass is 293 g/mol. The predicted octanol–water partition coefficient (Wildman–Crippen LogP) is 2.99. The highest BCUT2D eigenvalue weighted by atomic mass is 35.5. The van der Waals surface area contributed by atoms with Crippen LogP contribution in [0, 0.1) is 0 Å². The minimum Gasteiger partial charge on any atom is -0.274 e. The van der Waals surface area contributed by atoms with Crippen LogP contribution in [0.15, 0.2) is 12.1 Å². The van der Waals surface area contributed by atoms with Crippen LogP contribution in [0.3, 0.4) is 0 Å². The zero-order valence-corrected chi connectivity index (χ0v) is 12.3. The number of hydrogen-bond acceptors (Lipinski definition) is 4. The highest BCUT2D eigenvalue weighted by Gasteiger charge is 2.21. The Balaban J connectivity index is 2.45. The Morgan fingerprint density at radius 3 is 2.45 bits per heavy atom. The first-order valence-corrected chi connectivity index (χ1v) is 6.92. The standard InChI is InChI=1S/C14H16ClN3O2/c1-9(19)18(10(2)20)14-16-12(8-13(15)17-14)11-6-4-3-5-7-11/h6,8H,3-5,7H2,1-2H3. The van der Waals surface area contributed by atoms with Gasteiger partial charge in [-0.3, -0.25) is 9.59 Å². The molecule has 0 aliphatic heterocycles. The van der Waals surface area contributed by atoms with Crippen molar-refractivity contribution in [2.45, 2.75) is 39.5 Å². The molecule has 0 bridgehead atoms. The first-order valence-electron chi connectivity index (χ1n) is 6.54. The average Bonchev–Trinajstić information content (AvgIpc) is 2.38. The third-order valence-corrected chi connectivity index (χ3v) is 3.33. The summed E-state index contributed by atoms with van der Waals surface area (Å²) in [6.07, 6.45) is 6.33. The number of aromatic nitrogens is 2. The van der Waals surface area contributed by atoms with Crippen LogP contribution >= 0.6 is 11.6 Å². The molecule has 2 amide bonds. The summed E-state index contributed by atoms with van der Waals surface area (Å²) in [5.74, 6) is -0.814. The van der Waals surface area contributed by atoms with Crippen molar-refractivity contribution in [1.29, 1.82) is 0 Å². The first kappa shape index (κ1) is 14.7. The van der Waals surface area contributed by atoms with Gasteiger partial charge in [-0.05, 0) is 31.3 Å². The molecule has 1 aromatic heterocycles. The van der Waals surface area contributed by atoms with Crippen molar-refractivity contribution in [1.82, 2.24) is 9.97 Å². The quantitative estimate of drug-likeness (QED) is 0.786. The summed E-state index contributed by atoms with van der Waals surface area (Å²) < 4.78 is 0. The summed E-state index contributed by atoms with van der Waals surface area (Å²) in [6.45, 7) is 2.59. The van der Waals surface area contributed by atoms with Gasteiger partial charge < -0.3 is 0 Å². The molecule has 0 fully saturated rings. The maximum Gasteiger partial charge on any atom is 0.241 e. The number of hydrogen-bond donors (Lipinski definition) is 0. The van der Waals surface area contributed by atoms with Crippen molar-refractivity contribution >= 4 is 34.9 Å². The Labute approximate surface area is 122 Å². The SMILES string of the molecule is CC(=O)N(C(C)=O)c1nc(Cl)cc(C2=CCCCC2)n1. The molecular formula is C14H16ClN3O2. The highest BCUT2D eigenvalue weighted by Crippen LogP contribution is 2.28. The van der Waals surface area contributed by atoms with Crippen LogP contribution in [0.25, 0.3) is 5.57 Å². The number of amides is 2. The lowest BCUT2D eigenvalue weighted by molar-refractivity contribution is -0.124. The molecule has 0 aromatic carbocycles. The van der Waals surface area contributed by atoms with Gasteiger partial charge in [-0.25, -0.2) is 14.9 Å². The molecule has 0 spiro atoms. The fourth-order valence-electron chi connectivity index (χ4n) is 2.24. The molecule has 0 N–H and O–H groups in total. The van der Waals surface area contributed by atoms with Gasteiger partial charge in [-0.1, -0.05) is 17.7 Å². The first-order chi connectivity index (χ1) is 9.49. The second kappa shape index (κ2) is 6.13. The van der Waals surface area contributed by atoms with Gasteiger partial charge in [0.15, 0.2) is 0 Å². The summed E-state index contributed by atoms with van der Waals surface area (Å²) in [4.78, 5) is 32.3. The van der Waals surface area contributed by atoms with Crippen LogP contribution in [0.4, 0.5) is 5.95 Å². The molecular weight excluding hydrogens is 278 g/mol. The molecule has 1 heterocycles. The molecule has 1 aromatic rings. The molecule has 0 saturated carbocycles. The van der Waals surface area contributed by atoms with Gasteiger partial charge in [0.05, 0.1) is 5.69 Å². The van der Waals surface area contributed by atoms with Gasteiger partial charge in [0.25, 0.3) is 0 Å². The number of carbonyl (C=O) groups is 2. The molecule has 0 saturated heterocycles. The second-order valence-corrected chi connectivity index (χ2v) is 5.11. The topological polar surface area (TPSA) is 63.2 Å². The zero-order chi connectivity index (χ0) is 14.7. The fourth-order valence-corrected chi connectivity index (χ4v) is 2.42. The van der Waals surface area contributed by atoms with Crippen LogP contribution < -0.4 is 4.90 Å². The number of imide groups is 1. The van der Waals surface area contributed by atoms with Gasteiger partial charge >= 0.3 is 0 Å². The van der Waals surface area contributed by atoms with Crippen molar-refractivity contribution in [3.8, 4) is 0 Å². The van der Waals surface area contributed by atoms with Crippen molar-refractivity contribution in [2.24, 2.45) is 0 Å². The highest BCUT2D eigenvalue weighted by molar-refractivity contribution is 6.29. The lowest BCUT2D eigenvalue weighted by Crippen LogP contribution is -2.34. The lowest BCUT2D eigenvalue weighted by atomic mass is 9.97. The molecule has 1 aliphatic carbocycles. The fraction of sp³-hybridized carbons (Fsp3) is 0.429. The smallest absolute Gasteiger partial charge is 0.241 e. The number of rotatable bonds is 2. The van der Waals surface area contributed by atoms with E-state index in [0.717, 1.165) is 29.7 Å². The molecule has 0 atom stereocenters. The van der Waals surface area contributed by atoms with Crippen molar-refractivity contribution in [2.75, 3.05) is 4.90 Å². The maximum absolute atomic E-state index is 11.6. The van der Waals surface area contributed by atoms with Crippen LogP contribution in [0.2, 0.25) is 5.15 Å². The Bertz CT molecular complexity index is 570. The van der Waals surface area contributed by atoms with Crippen LogP contribution in [0.1, 0.15) is 45.2 Å². The molecule has 20 heavy (non-hydrogen) atoms. The molecule has 0 radical (unpaired) electrons. The lowest BCUT2D eigenvalue weighted by Gasteiger charge is -2.17. The van der Waals surface area contributed by atoms with E-state index in [-0.39, 0.29) is 11.1 Å². The van der Waals surface area contributed by atoms with Crippen LogP contribution in [-0.4, -0.2) is 21.8 Å². The van der Waals surface area contributed by atoms with Crippen LogP contribution in [0.5, 0.6) is 0 Å². The van der Waals surface area contributed by atoms with Gasteiger partial charge in [0.2, 0.25) is 17.8 Å². The van der Waals surface area contributed by atoms with Crippen LogP contribution in [-0.2, 0) is 9.59 Å². The van der Waals surface area contributed by atoms with E-state index in [9.17, 15) is 9.59 Å². The number of allylic oxidation sites excluding steroid dienone is 2. The predicted molar refractivity (Wildman–Crippen MR) is 77.3 cm³/mol. The Morgan fingerprint density at radius 2 is 1.90 bits per heavy atom. The number of halogens is 1. The molecule has 106 valence electrons. The van der Waals surface area contributed by atoms with Crippen molar-refractivity contribution in [3.05, 3.63) is 23.0 Å². The van der Waals surface area contributed by atoms with Crippen molar-refractivity contribution < 1.29 is 9.59 Å².